The van der Waals surface area contributed by atoms with Gasteiger partial charge in [-0.2, -0.15) is 0 Å². The van der Waals surface area contributed by atoms with Crippen LogP contribution in [0.3, 0.4) is 0 Å². The van der Waals surface area contributed by atoms with E-state index in [9.17, 15) is 9.59 Å². The van der Waals surface area contributed by atoms with Crippen LogP contribution in [0.25, 0.3) is 0 Å². The first-order chi connectivity index (χ1) is 6.75. The Hall–Kier alpha value is -1.72. The Kier molecular flexibility index (Phi) is 2.26. The maximum atomic E-state index is 11.4. The second-order valence-corrected chi connectivity index (χ2v) is 3.18. The Balaban J connectivity index is 1.97. The van der Waals surface area contributed by atoms with Gasteiger partial charge in [0.05, 0.1) is 6.07 Å². The molecular formula is C8H11N3O3. The summed E-state index contributed by atoms with van der Waals surface area (Å²) >= 11 is 0. The van der Waals surface area contributed by atoms with Crippen molar-refractivity contribution in [2.45, 2.75) is 12.8 Å². The molecule has 14 heavy (non-hydrogen) atoms. The number of likely N-dealkylation sites (tertiary alicyclic amines) is 1. The van der Waals surface area contributed by atoms with Gasteiger partial charge in [-0.25, -0.2) is 4.79 Å². The Labute approximate surface area is 79.8 Å². The zero-order valence-electron chi connectivity index (χ0n) is 7.58. The number of aromatic nitrogens is 2. The summed E-state index contributed by atoms with van der Waals surface area (Å²) in [7, 11) is 0. The summed E-state index contributed by atoms with van der Waals surface area (Å²) in [6.45, 7) is 1.46. The van der Waals surface area contributed by atoms with Crippen molar-refractivity contribution >= 4 is 6.09 Å². The lowest BCUT2D eigenvalue weighted by molar-refractivity contribution is 0.161. The zero-order chi connectivity index (χ0) is 9.97. The van der Waals surface area contributed by atoms with E-state index in [4.69, 9.17) is 4.74 Å². The lowest BCUT2D eigenvalue weighted by atomic mass is 10.4. The monoisotopic (exact) mass is 197 g/mol. The van der Waals surface area contributed by atoms with E-state index in [1.165, 1.54) is 6.07 Å². The third kappa shape index (κ3) is 1.78. The van der Waals surface area contributed by atoms with Crippen LogP contribution in [0.1, 0.15) is 12.8 Å². The predicted octanol–water partition coefficient (Wildman–Crippen LogP) is 0.298. The lowest BCUT2D eigenvalue weighted by Gasteiger charge is -2.13. The topological polar surface area (TPSA) is 78.2 Å². The second kappa shape index (κ2) is 3.57. The summed E-state index contributed by atoms with van der Waals surface area (Å²) in [5, 5.41) is 4.74. The third-order valence-corrected chi connectivity index (χ3v) is 2.13. The number of nitrogens with zero attached hydrogens (tertiary/aromatic N) is 1. The fraction of sp³-hybridized carbons (Fsp3) is 0.500. The maximum absolute atomic E-state index is 11.4. The summed E-state index contributed by atoms with van der Waals surface area (Å²) in [6.07, 6.45) is 1.62. The maximum Gasteiger partial charge on any atom is 0.416 e. The minimum absolute atomic E-state index is 0.159. The van der Waals surface area contributed by atoms with E-state index in [1.807, 2.05) is 0 Å². The molecule has 76 valence electrons. The number of H-pyrrole nitrogens is 2. The van der Waals surface area contributed by atoms with Crippen LogP contribution in [0.15, 0.2) is 10.9 Å². The first kappa shape index (κ1) is 8.86. The van der Waals surface area contributed by atoms with Gasteiger partial charge in [-0.3, -0.25) is 15.0 Å². The number of hydrogen-bond acceptors (Lipinski definition) is 3. The van der Waals surface area contributed by atoms with E-state index in [-0.39, 0.29) is 11.4 Å². The third-order valence-electron chi connectivity index (χ3n) is 2.13. The van der Waals surface area contributed by atoms with Gasteiger partial charge in [0.25, 0.3) is 5.56 Å². The number of rotatable bonds is 1. The Morgan fingerprint density at radius 1 is 1.36 bits per heavy atom. The first-order valence-electron chi connectivity index (χ1n) is 4.50. The van der Waals surface area contributed by atoms with Gasteiger partial charge < -0.3 is 9.64 Å². The Morgan fingerprint density at radius 3 is 2.64 bits per heavy atom. The molecule has 6 nitrogen and oxygen atoms in total. The van der Waals surface area contributed by atoms with Crippen molar-refractivity contribution < 1.29 is 9.53 Å². The fourth-order valence-electron chi connectivity index (χ4n) is 1.43. The number of carbonyl (C=O) groups excluding carboxylic acids is 1. The van der Waals surface area contributed by atoms with E-state index in [1.54, 1.807) is 4.90 Å². The van der Waals surface area contributed by atoms with Crippen molar-refractivity contribution in [2.75, 3.05) is 13.1 Å². The van der Waals surface area contributed by atoms with Gasteiger partial charge in [-0.1, -0.05) is 0 Å². The largest absolute Gasteiger partial charge is 0.416 e. The van der Waals surface area contributed by atoms with Crippen LogP contribution in [-0.4, -0.2) is 34.3 Å². The van der Waals surface area contributed by atoms with Gasteiger partial charge in [-0.05, 0) is 12.8 Å². The molecule has 1 amide bonds. The highest BCUT2D eigenvalue weighted by atomic mass is 16.6. The number of ether oxygens (including phenoxy) is 1. The summed E-state index contributed by atoms with van der Waals surface area (Å²) in [6, 6.07) is 1.20. The molecule has 0 aliphatic carbocycles. The van der Waals surface area contributed by atoms with Gasteiger partial charge in [0, 0.05) is 13.1 Å². The van der Waals surface area contributed by atoms with Crippen LogP contribution in [0.4, 0.5) is 4.79 Å². The summed E-state index contributed by atoms with van der Waals surface area (Å²) in [5.41, 5.74) is -0.311. The van der Waals surface area contributed by atoms with E-state index >= 15 is 0 Å². The van der Waals surface area contributed by atoms with Crippen LogP contribution in [0.2, 0.25) is 0 Å². The van der Waals surface area contributed by atoms with E-state index in [0.717, 1.165) is 25.9 Å². The molecule has 2 heterocycles. The zero-order valence-corrected chi connectivity index (χ0v) is 7.58. The number of aromatic amines is 2. The highest BCUT2D eigenvalue weighted by Crippen LogP contribution is 2.10. The molecule has 0 aromatic carbocycles. The fourth-order valence-corrected chi connectivity index (χ4v) is 1.43. The van der Waals surface area contributed by atoms with Crippen molar-refractivity contribution in [1.82, 2.24) is 15.1 Å². The molecule has 1 fully saturated rings. The predicted molar refractivity (Wildman–Crippen MR) is 48.2 cm³/mol. The molecule has 1 aromatic heterocycles. The number of carbonyl (C=O) groups is 1. The molecule has 6 heteroatoms. The van der Waals surface area contributed by atoms with E-state index in [2.05, 4.69) is 10.2 Å². The molecule has 0 spiro atoms. The lowest BCUT2D eigenvalue weighted by Crippen LogP contribution is -2.30. The smallest absolute Gasteiger partial charge is 0.392 e. The number of hydrogen-bond donors (Lipinski definition) is 2. The van der Waals surface area contributed by atoms with Crippen LogP contribution in [-0.2, 0) is 0 Å². The molecule has 2 N–H and O–H groups in total. The molecular weight excluding hydrogens is 186 g/mol. The summed E-state index contributed by atoms with van der Waals surface area (Å²) in [5.74, 6) is 0.159. The minimum atomic E-state index is -0.405. The highest BCUT2D eigenvalue weighted by molar-refractivity contribution is 5.70. The van der Waals surface area contributed by atoms with Crippen LogP contribution in [0.5, 0.6) is 5.88 Å². The SMILES string of the molecule is O=C(Oc1cc(=O)[nH][nH]1)N1CCCC1. The molecule has 0 bridgehead atoms. The molecule has 0 radical (unpaired) electrons. The summed E-state index contributed by atoms with van der Waals surface area (Å²) < 4.78 is 4.92. The Bertz CT molecular complexity index is 375. The van der Waals surface area contributed by atoms with Gasteiger partial charge in [0.2, 0.25) is 5.88 Å². The molecule has 0 unspecified atom stereocenters. The van der Waals surface area contributed by atoms with Gasteiger partial charge in [-0.15, -0.1) is 0 Å². The molecule has 2 rings (SSSR count). The molecule has 0 atom stereocenters. The van der Waals surface area contributed by atoms with Crippen molar-refractivity contribution in [3.8, 4) is 5.88 Å². The normalized spacial score (nSPS) is 15.9. The van der Waals surface area contributed by atoms with Crippen molar-refractivity contribution in [3.63, 3.8) is 0 Å². The average Bonchev–Trinajstić information content (AvgIpc) is 2.75. The standard InChI is InChI=1S/C8H11N3O3/c12-6-5-7(10-9-6)14-8(13)11-3-1-2-4-11/h5H,1-4H2,(H2,9,10,12). The molecule has 0 saturated carbocycles. The quantitative estimate of drug-likeness (QED) is 0.679. The molecule has 1 aromatic rings. The Morgan fingerprint density at radius 2 is 2.07 bits per heavy atom. The molecule has 1 saturated heterocycles. The highest BCUT2D eigenvalue weighted by Gasteiger charge is 2.20. The summed E-state index contributed by atoms with van der Waals surface area (Å²) in [4.78, 5) is 23.7. The van der Waals surface area contributed by atoms with E-state index < -0.39 is 6.09 Å². The van der Waals surface area contributed by atoms with E-state index in [0.29, 0.717) is 0 Å². The first-order valence-corrected chi connectivity index (χ1v) is 4.50. The van der Waals surface area contributed by atoms with Crippen LogP contribution >= 0.6 is 0 Å². The van der Waals surface area contributed by atoms with Crippen LogP contribution in [0, 0.1) is 0 Å². The van der Waals surface area contributed by atoms with Gasteiger partial charge >= 0.3 is 6.09 Å². The van der Waals surface area contributed by atoms with Crippen LogP contribution < -0.4 is 10.3 Å². The van der Waals surface area contributed by atoms with Crippen molar-refractivity contribution in [3.05, 3.63) is 16.4 Å². The van der Waals surface area contributed by atoms with Gasteiger partial charge in [0.15, 0.2) is 0 Å². The molecule has 1 aliphatic rings. The van der Waals surface area contributed by atoms with Crippen molar-refractivity contribution in [1.29, 1.82) is 0 Å². The second-order valence-electron chi connectivity index (χ2n) is 3.18. The molecule has 1 aliphatic heterocycles. The number of nitrogens with one attached hydrogen (secondary N) is 2. The van der Waals surface area contributed by atoms with Gasteiger partial charge in [0.1, 0.15) is 0 Å². The average molecular weight is 197 g/mol. The number of amides is 1. The minimum Gasteiger partial charge on any atom is -0.392 e. The van der Waals surface area contributed by atoms with Crippen molar-refractivity contribution in [2.24, 2.45) is 0 Å².